The van der Waals surface area contributed by atoms with Crippen molar-refractivity contribution in [3.63, 3.8) is 0 Å². The Bertz CT molecular complexity index is 1090. The number of imide groups is 1. The molecule has 0 spiro atoms. The third kappa shape index (κ3) is 4.74. The van der Waals surface area contributed by atoms with Crippen molar-refractivity contribution in [1.82, 2.24) is 4.90 Å². The van der Waals surface area contributed by atoms with Crippen LogP contribution in [0.3, 0.4) is 0 Å². The number of ketones is 1. The number of carbonyl (C=O) groups is 5. The van der Waals surface area contributed by atoms with Gasteiger partial charge in [0.25, 0.3) is 11.8 Å². The molecule has 3 amide bonds. The van der Waals surface area contributed by atoms with Crippen LogP contribution in [0.5, 0.6) is 0 Å². The highest BCUT2D eigenvalue weighted by atomic mass is 16.5. The lowest BCUT2D eigenvalue weighted by atomic mass is 10.1. The molecule has 0 saturated heterocycles. The van der Waals surface area contributed by atoms with E-state index < -0.39 is 36.2 Å². The van der Waals surface area contributed by atoms with Crippen LogP contribution in [-0.4, -0.2) is 47.0 Å². The Morgan fingerprint density at radius 1 is 1.00 bits per heavy atom. The minimum atomic E-state index is -1.17. The van der Waals surface area contributed by atoms with Gasteiger partial charge in [-0.05, 0) is 56.7 Å². The molecule has 1 atom stereocenters. The highest BCUT2D eigenvalue weighted by Gasteiger charge is 2.41. The van der Waals surface area contributed by atoms with Crippen molar-refractivity contribution in [2.75, 3.05) is 11.9 Å². The normalized spacial score (nSPS) is 13.5. The lowest BCUT2D eigenvalue weighted by molar-refractivity contribution is -0.146. The van der Waals surface area contributed by atoms with Gasteiger partial charge in [-0.2, -0.15) is 0 Å². The van der Waals surface area contributed by atoms with E-state index in [2.05, 4.69) is 5.32 Å². The zero-order chi connectivity index (χ0) is 23.4. The molecule has 2 aromatic rings. The Hall–Kier alpha value is -3.81. The van der Waals surface area contributed by atoms with Crippen LogP contribution in [0, 0.1) is 6.92 Å². The summed E-state index contributed by atoms with van der Waals surface area (Å²) in [5, 5.41) is 2.72. The summed E-state index contributed by atoms with van der Waals surface area (Å²) in [6.45, 7) is 4.55. The maximum Gasteiger partial charge on any atom is 0.329 e. The first-order valence-corrected chi connectivity index (χ1v) is 10.3. The SMILES string of the molecule is CCCC(=O)Nc1ccc(C(=O)COC(=O)C(C)N2C(=O)c3ccc(C)cc3C2=O)cc1. The lowest BCUT2D eigenvalue weighted by Gasteiger charge is -2.20. The van der Waals surface area contributed by atoms with Crippen molar-refractivity contribution < 1.29 is 28.7 Å². The summed E-state index contributed by atoms with van der Waals surface area (Å²) in [6, 6.07) is 9.92. The van der Waals surface area contributed by atoms with E-state index >= 15 is 0 Å². The predicted molar refractivity (Wildman–Crippen MR) is 116 cm³/mol. The van der Waals surface area contributed by atoms with Crippen LogP contribution in [0.4, 0.5) is 5.69 Å². The fourth-order valence-electron chi connectivity index (χ4n) is 3.36. The summed E-state index contributed by atoms with van der Waals surface area (Å²) in [4.78, 5) is 62.5. The van der Waals surface area contributed by atoms with Gasteiger partial charge in [-0.25, -0.2) is 4.79 Å². The Kier molecular flexibility index (Phi) is 6.82. The Morgan fingerprint density at radius 3 is 2.31 bits per heavy atom. The number of Topliss-reactive ketones (excluding diaryl/α,β-unsaturated/α-hetero) is 1. The van der Waals surface area contributed by atoms with Crippen LogP contribution < -0.4 is 5.32 Å². The van der Waals surface area contributed by atoms with E-state index in [9.17, 15) is 24.0 Å². The molecule has 0 aliphatic carbocycles. The first kappa shape index (κ1) is 22.9. The molecule has 8 heteroatoms. The van der Waals surface area contributed by atoms with E-state index in [1.165, 1.54) is 19.1 Å². The zero-order valence-electron chi connectivity index (χ0n) is 18.1. The molecule has 1 heterocycles. The summed E-state index contributed by atoms with van der Waals surface area (Å²) in [7, 11) is 0. The van der Waals surface area contributed by atoms with Gasteiger partial charge in [0, 0.05) is 17.7 Å². The van der Waals surface area contributed by atoms with E-state index in [0.29, 0.717) is 17.7 Å². The molecule has 0 fully saturated rings. The van der Waals surface area contributed by atoms with Crippen LogP contribution >= 0.6 is 0 Å². The fraction of sp³-hybridized carbons (Fsp3) is 0.292. The molecule has 1 aliphatic rings. The van der Waals surface area contributed by atoms with Gasteiger partial charge in [-0.1, -0.05) is 18.6 Å². The monoisotopic (exact) mass is 436 g/mol. The number of hydrogen-bond donors (Lipinski definition) is 1. The molecule has 1 unspecified atom stereocenters. The average molecular weight is 436 g/mol. The number of ether oxygens (including phenoxy) is 1. The standard InChI is InChI=1S/C24H24N2O6/c1-4-5-21(28)25-17-9-7-16(8-10-17)20(27)13-32-24(31)15(3)26-22(29)18-11-6-14(2)12-19(18)23(26)30/h6-12,15H,4-5,13H2,1-3H3,(H,25,28). The predicted octanol–water partition coefficient (Wildman–Crippen LogP) is 3.14. The Balaban J connectivity index is 1.58. The van der Waals surface area contributed by atoms with E-state index in [4.69, 9.17) is 4.74 Å². The molecule has 32 heavy (non-hydrogen) atoms. The van der Waals surface area contributed by atoms with Gasteiger partial charge in [0.05, 0.1) is 11.1 Å². The number of anilines is 1. The number of rotatable bonds is 8. The number of nitrogens with one attached hydrogen (secondary N) is 1. The molecule has 1 aliphatic heterocycles. The van der Waals surface area contributed by atoms with Crippen LogP contribution in [0.15, 0.2) is 42.5 Å². The zero-order valence-corrected chi connectivity index (χ0v) is 18.1. The summed E-state index contributed by atoms with van der Waals surface area (Å²) < 4.78 is 5.07. The van der Waals surface area contributed by atoms with Crippen LogP contribution in [-0.2, 0) is 14.3 Å². The quantitative estimate of drug-likeness (QED) is 0.387. The smallest absolute Gasteiger partial charge is 0.329 e. The number of benzene rings is 2. The Morgan fingerprint density at radius 2 is 1.66 bits per heavy atom. The highest BCUT2D eigenvalue weighted by Crippen LogP contribution is 2.26. The largest absolute Gasteiger partial charge is 0.456 e. The number of nitrogens with zero attached hydrogens (tertiary/aromatic N) is 1. The molecule has 3 rings (SSSR count). The average Bonchev–Trinajstić information content (AvgIpc) is 3.01. The number of hydrogen-bond acceptors (Lipinski definition) is 6. The molecular formula is C24H24N2O6. The Labute approximate surface area is 185 Å². The molecule has 166 valence electrons. The number of amides is 3. The minimum Gasteiger partial charge on any atom is -0.456 e. The second kappa shape index (κ2) is 9.55. The van der Waals surface area contributed by atoms with Gasteiger partial charge in [0.1, 0.15) is 6.04 Å². The summed E-state index contributed by atoms with van der Waals surface area (Å²) >= 11 is 0. The molecule has 8 nitrogen and oxygen atoms in total. The fourth-order valence-corrected chi connectivity index (χ4v) is 3.36. The van der Waals surface area contributed by atoms with Gasteiger partial charge in [-0.15, -0.1) is 0 Å². The van der Waals surface area contributed by atoms with Crippen molar-refractivity contribution >= 4 is 35.2 Å². The van der Waals surface area contributed by atoms with Gasteiger partial charge in [-0.3, -0.25) is 24.1 Å². The van der Waals surface area contributed by atoms with E-state index in [-0.39, 0.29) is 17.0 Å². The number of esters is 1. The van der Waals surface area contributed by atoms with E-state index in [1.54, 1.807) is 37.3 Å². The third-order valence-electron chi connectivity index (χ3n) is 5.12. The lowest BCUT2D eigenvalue weighted by Crippen LogP contribution is -2.44. The molecule has 0 aromatic heterocycles. The van der Waals surface area contributed by atoms with Crippen molar-refractivity contribution in [3.05, 3.63) is 64.7 Å². The number of carbonyl (C=O) groups excluding carboxylic acids is 5. The van der Waals surface area contributed by atoms with Gasteiger partial charge in [0.15, 0.2) is 12.4 Å². The second-order valence-corrected chi connectivity index (χ2v) is 7.61. The molecular weight excluding hydrogens is 412 g/mol. The first-order valence-electron chi connectivity index (χ1n) is 10.3. The van der Waals surface area contributed by atoms with Crippen molar-refractivity contribution in [1.29, 1.82) is 0 Å². The molecule has 2 aromatic carbocycles. The molecule has 0 saturated carbocycles. The highest BCUT2D eigenvalue weighted by molar-refractivity contribution is 6.22. The molecule has 0 radical (unpaired) electrons. The van der Waals surface area contributed by atoms with Crippen molar-refractivity contribution in [2.24, 2.45) is 0 Å². The van der Waals surface area contributed by atoms with Gasteiger partial charge < -0.3 is 10.1 Å². The minimum absolute atomic E-state index is 0.113. The summed E-state index contributed by atoms with van der Waals surface area (Å²) in [6.07, 6.45) is 1.13. The van der Waals surface area contributed by atoms with E-state index in [0.717, 1.165) is 16.9 Å². The summed E-state index contributed by atoms with van der Waals surface area (Å²) in [5.41, 5.74) is 2.17. The van der Waals surface area contributed by atoms with Crippen LogP contribution in [0.2, 0.25) is 0 Å². The maximum atomic E-state index is 12.6. The van der Waals surface area contributed by atoms with Gasteiger partial charge >= 0.3 is 5.97 Å². The maximum absolute atomic E-state index is 12.6. The van der Waals surface area contributed by atoms with Crippen molar-refractivity contribution in [2.45, 2.75) is 39.7 Å². The number of fused-ring (bicyclic) bond motifs is 1. The van der Waals surface area contributed by atoms with Crippen LogP contribution in [0.1, 0.15) is 63.3 Å². The number of aryl methyl sites for hydroxylation is 1. The molecule has 0 bridgehead atoms. The topological polar surface area (TPSA) is 110 Å². The van der Waals surface area contributed by atoms with E-state index in [1.807, 2.05) is 6.92 Å². The molecule has 1 N–H and O–H groups in total. The van der Waals surface area contributed by atoms with Gasteiger partial charge in [0.2, 0.25) is 5.91 Å². The van der Waals surface area contributed by atoms with Crippen molar-refractivity contribution in [3.8, 4) is 0 Å². The third-order valence-corrected chi connectivity index (χ3v) is 5.12. The second-order valence-electron chi connectivity index (χ2n) is 7.61. The first-order chi connectivity index (χ1) is 15.2. The van der Waals surface area contributed by atoms with Crippen LogP contribution in [0.25, 0.3) is 0 Å². The summed E-state index contributed by atoms with van der Waals surface area (Å²) in [5.74, 6) is -2.55.